The number of nitrogens with two attached hydrogens (primary N) is 1. The zero-order chi connectivity index (χ0) is 12.2. The molecule has 0 aromatic heterocycles. The molecule has 6 aliphatic rings. The normalized spacial score (nSPS) is 59.9. The highest BCUT2D eigenvalue weighted by molar-refractivity contribution is 7.80. The van der Waals surface area contributed by atoms with E-state index in [2.05, 4.69) is 17.4 Å². The third-order valence-corrected chi connectivity index (χ3v) is 7.38. The quantitative estimate of drug-likeness (QED) is 0.530. The number of hydrogen-bond acceptors (Lipinski definition) is 2. The molecule has 0 aromatic rings. The summed E-state index contributed by atoms with van der Waals surface area (Å²) in [4.78, 5) is 0. The first-order valence-corrected chi connectivity index (χ1v) is 7.56. The van der Waals surface area contributed by atoms with Crippen LogP contribution < -0.4 is 16.6 Å². The molecule has 18 heavy (non-hydrogen) atoms. The monoisotopic (exact) mass is 261 g/mol. The summed E-state index contributed by atoms with van der Waals surface area (Å²) >= 11 is 4.87. The molecule has 4 heteroatoms. The summed E-state index contributed by atoms with van der Waals surface area (Å²) in [7, 11) is 0. The maximum absolute atomic E-state index is 5.51. The first kappa shape index (κ1) is 10.1. The molecule has 0 spiro atoms. The Kier molecular flexibility index (Phi) is 1.52. The van der Waals surface area contributed by atoms with Gasteiger partial charge < -0.3 is 11.2 Å². The highest BCUT2D eigenvalue weighted by Gasteiger charge is 2.83. The summed E-state index contributed by atoms with van der Waals surface area (Å²) in [6.07, 6.45) is 4.38. The topological polar surface area (TPSA) is 50.1 Å². The summed E-state index contributed by atoms with van der Waals surface area (Å²) < 4.78 is 0. The largest absolute Gasteiger partial charge is 0.375 e. The highest BCUT2D eigenvalue weighted by atomic mass is 32.1. The lowest BCUT2D eigenvalue weighted by atomic mass is 9.62. The molecule has 3 nitrogen and oxygen atoms in total. The molecule has 6 aliphatic carbocycles. The van der Waals surface area contributed by atoms with Crippen LogP contribution in [0.5, 0.6) is 0 Å². The van der Waals surface area contributed by atoms with Crippen molar-refractivity contribution in [1.82, 2.24) is 10.9 Å². The second-order valence-corrected chi connectivity index (χ2v) is 7.61. The van der Waals surface area contributed by atoms with Gasteiger partial charge in [0.25, 0.3) is 0 Å². The van der Waals surface area contributed by atoms with E-state index in [9.17, 15) is 0 Å². The van der Waals surface area contributed by atoms with E-state index in [1.807, 2.05) is 0 Å². The Morgan fingerprint density at radius 1 is 1.17 bits per heavy atom. The maximum atomic E-state index is 5.51. The van der Waals surface area contributed by atoms with Gasteiger partial charge in [0.15, 0.2) is 5.11 Å². The van der Waals surface area contributed by atoms with Gasteiger partial charge in [-0.3, -0.25) is 5.43 Å². The van der Waals surface area contributed by atoms with Crippen molar-refractivity contribution in [2.24, 2.45) is 52.6 Å². The molecule has 0 radical (unpaired) electrons. The maximum Gasteiger partial charge on any atom is 0.182 e. The van der Waals surface area contributed by atoms with Gasteiger partial charge in [0, 0.05) is 11.1 Å². The number of nitrogens with one attached hydrogen (secondary N) is 2. The summed E-state index contributed by atoms with van der Waals surface area (Å²) in [6, 6.07) is 0. The van der Waals surface area contributed by atoms with Crippen molar-refractivity contribution in [1.29, 1.82) is 0 Å². The van der Waals surface area contributed by atoms with E-state index in [1.54, 1.807) is 0 Å². The van der Waals surface area contributed by atoms with Gasteiger partial charge in [-0.25, -0.2) is 0 Å². The van der Waals surface area contributed by atoms with E-state index in [4.69, 9.17) is 18.0 Å². The first-order valence-electron chi connectivity index (χ1n) is 7.15. The fourth-order valence-corrected chi connectivity index (χ4v) is 7.46. The lowest BCUT2D eigenvalue weighted by Crippen LogP contribution is -2.48. The summed E-state index contributed by atoms with van der Waals surface area (Å²) in [5, 5.41) is 0.307. The molecule has 6 fully saturated rings. The minimum Gasteiger partial charge on any atom is -0.375 e. The van der Waals surface area contributed by atoms with E-state index in [0.29, 0.717) is 10.5 Å². The second kappa shape index (κ2) is 2.72. The number of rotatable bonds is 3. The van der Waals surface area contributed by atoms with Crippen LogP contribution in [0.1, 0.15) is 19.3 Å². The average Bonchev–Trinajstić information content (AvgIpc) is 2.98. The van der Waals surface area contributed by atoms with Crippen LogP contribution in [0.15, 0.2) is 12.3 Å². The zero-order valence-electron chi connectivity index (χ0n) is 10.4. The molecule has 0 aliphatic heterocycles. The van der Waals surface area contributed by atoms with Crippen molar-refractivity contribution in [2.75, 3.05) is 0 Å². The van der Waals surface area contributed by atoms with Gasteiger partial charge >= 0.3 is 0 Å². The van der Waals surface area contributed by atoms with Crippen molar-refractivity contribution in [3.05, 3.63) is 12.3 Å². The molecular weight excluding hydrogens is 242 g/mol. The van der Waals surface area contributed by atoms with Gasteiger partial charge in [-0.2, -0.15) is 0 Å². The lowest BCUT2D eigenvalue weighted by Gasteiger charge is -2.43. The Morgan fingerprint density at radius 3 is 2.72 bits per heavy atom. The molecule has 4 N–H and O–H groups in total. The highest BCUT2D eigenvalue weighted by Crippen LogP contribution is 2.88. The number of allylic oxidation sites excluding steroid dienone is 1. The van der Waals surface area contributed by atoms with Crippen LogP contribution in [-0.2, 0) is 0 Å². The van der Waals surface area contributed by atoms with Crippen LogP contribution in [0.3, 0.4) is 0 Å². The molecule has 96 valence electrons. The van der Waals surface area contributed by atoms with Crippen LogP contribution in [0.25, 0.3) is 0 Å². The minimum absolute atomic E-state index is 0.307. The smallest absolute Gasteiger partial charge is 0.182 e. The van der Waals surface area contributed by atoms with E-state index in [1.165, 1.54) is 25.0 Å². The third kappa shape index (κ3) is 0.771. The standard InChI is InChI=1S/C14H19N3S/c1-5(16-17-13(15)18)14-4-9-7-2-6-8(12(7)14)3-10(14)11(6)9/h6-12,16H,1-4H2,(H3,15,17,18)/t6-,7-,8-,9-,10+,11+,12-,14+/m1/s1. The zero-order valence-corrected chi connectivity index (χ0v) is 11.2. The van der Waals surface area contributed by atoms with Gasteiger partial charge in [-0.1, -0.05) is 6.58 Å². The number of hydrazine groups is 1. The number of thiocarbonyl (C=S) groups is 1. The fourth-order valence-electron chi connectivity index (χ4n) is 7.41. The Morgan fingerprint density at radius 2 is 1.94 bits per heavy atom. The summed E-state index contributed by atoms with van der Waals surface area (Å²) in [5.41, 5.74) is 13.2. The minimum atomic E-state index is 0.307. The van der Waals surface area contributed by atoms with Crippen molar-refractivity contribution in [3.8, 4) is 0 Å². The molecule has 0 unspecified atom stereocenters. The molecule has 0 heterocycles. The lowest BCUT2D eigenvalue weighted by molar-refractivity contribution is 0.0761. The molecule has 6 bridgehead atoms. The molecule has 0 saturated heterocycles. The van der Waals surface area contributed by atoms with Crippen molar-refractivity contribution < 1.29 is 0 Å². The van der Waals surface area contributed by atoms with Crippen LogP contribution in [-0.4, -0.2) is 5.11 Å². The van der Waals surface area contributed by atoms with Crippen molar-refractivity contribution in [2.45, 2.75) is 19.3 Å². The first-order chi connectivity index (χ1) is 8.64. The van der Waals surface area contributed by atoms with E-state index >= 15 is 0 Å². The van der Waals surface area contributed by atoms with E-state index in [-0.39, 0.29) is 0 Å². The second-order valence-electron chi connectivity index (χ2n) is 7.17. The van der Waals surface area contributed by atoms with Gasteiger partial charge in [0.2, 0.25) is 0 Å². The van der Waals surface area contributed by atoms with Crippen LogP contribution in [0, 0.1) is 46.8 Å². The van der Waals surface area contributed by atoms with Gasteiger partial charge in [0.05, 0.1) is 0 Å². The van der Waals surface area contributed by atoms with Crippen molar-refractivity contribution in [3.63, 3.8) is 0 Å². The fraction of sp³-hybridized carbons (Fsp3) is 0.786. The Hall–Kier alpha value is -0.770. The van der Waals surface area contributed by atoms with Gasteiger partial charge in [0.1, 0.15) is 0 Å². The molecule has 6 rings (SSSR count). The average molecular weight is 261 g/mol. The third-order valence-electron chi connectivity index (χ3n) is 7.27. The summed E-state index contributed by atoms with van der Waals surface area (Å²) in [6.45, 7) is 4.34. The van der Waals surface area contributed by atoms with Crippen LogP contribution in [0.4, 0.5) is 0 Å². The summed E-state index contributed by atoms with van der Waals surface area (Å²) in [5.74, 6) is 7.02. The van der Waals surface area contributed by atoms with Crippen LogP contribution >= 0.6 is 12.2 Å². The van der Waals surface area contributed by atoms with Crippen LogP contribution in [0.2, 0.25) is 0 Å². The molecule has 0 amide bonds. The van der Waals surface area contributed by atoms with Gasteiger partial charge in [-0.05, 0) is 72.9 Å². The number of hydrogen-bond donors (Lipinski definition) is 3. The molecular formula is C14H19N3S. The van der Waals surface area contributed by atoms with Crippen molar-refractivity contribution >= 4 is 17.3 Å². The Bertz CT molecular complexity index is 487. The van der Waals surface area contributed by atoms with Gasteiger partial charge in [-0.15, -0.1) is 0 Å². The molecule has 6 saturated carbocycles. The van der Waals surface area contributed by atoms with E-state index in [0.717, 1.165) is 41.4 Å². The predicted octanol–water partition coefficient (Wildman–Crippen LogP) is 1.38. The SMILES string of the molecule is C=C(NNC(N)=S)[C@@]12C[C@@H]3[C@H]4C[C@@H]5[C@@H](C[C@H]1[C@H]35)[C@@H]42. The molecule has 8 atom stereocenters. The van der Waals surface area contributed by atoms with E-state index < -0.39 is 0 Å². The molecule has 0 aromatic carbocycles. The Labute approximate surface area is 113 Å². The predicted molar refractivity (Wildman–Crippen MR) is 72.9 cm³/mol. The Balaban J connectivity index is 1.52.